The van der Waals surface area contributed by atoms with Gasteiger partial charge in [0, 0.05) is 45.2 Å². The smallest absolute Gasteiger partial charge is 0.123 e. The highest BCUT2D eigenvalue weighted by atomic mass is 19.1. The van der Waals surface area contributed by atoms with E-state index >= 15 is 0 Å². The van der Waals surface area contributed by atoms with Crippen LogP contribution in [0.3, 0.4) is 0 Å². The first-order valence-corrected chi connectivity index (χ1v) is 13.4. The molecular formula is C31H34F2N2O2. The van der Waals surface area contributed by atoms with E-state index in [1.54, 1.807) is 24.3 Å². The fourth-order valence-corrected chi connectivity index (χ4v) is 6.36. The van der Waals surface area contributed by atoms with Crippen LogP contribution in [-0.4, -0.2) is 60.3 Å². The second-order valence-corrected chi connectivity index (χ2v) is 10.7. The molecule has 0 amide bonds. The van der Waals surface area contributed by atoms with E-state index in [1.807, 2.05) is 6.07 Å². The van der Waals surface area contributed by atoms with Crippen molar-refractivity contribution in [2.24, 2.45) is 0 Å². The van der Waals surface area contributed by atoms with Gasteiger partial charge in [0.25, 0.3) is 0 Å². The van der Waals surface area contributed by atoms with Crippen molar-refractivity contribution >= 4 is 0 Å². The molecule has 6 heteroatoms. The predicted molar refractivity (Wildman–Crippen MR) is 139 cm³/mol. The molecule has 2 saturated heterocycles. The van der Waals surface area contributed by atoms with E-state index in [4.69, 9.17) is 4.74 Å². The monoisotopic (exact) mass is 504 g/mol. The third-order valence-corrected chi connectivity index (χ3v) is 8.37. The van der Waals surface area contributed by atoms with Gasteiger partial charge in [0.05, 0.1) is 18.3 Å². The number of piperazine rings is 1. The molecule has 1 N–H and O–H groups in total. The Hall–Kier alpha value is -2.64. The summed E-state index contributed by atoms with van der Waals surface area (Å²) in [4.78, 5) is 4.86. The van der Waals surface area contributed by atoms with Crippen LogP contribution >= 0.6 is 0 Å². The molecule has 194 valence electrons. The standard InChI is InChI=1S/C31H34F2N2O2/c32-24-8-5-21(6-9-24)30(36)11-12-34-13-15-35(16-14-34)20-26-19-29-27-4-2-1-3-22(27)17-23-7-10-25(33)18-28(23)31(29)37-26/h1-10,18,26,29-31,36H,11-17,19-20H2/t26-,29+,30?,31?/m0/s1. The first-order chi connectivity index (χ1) is 18.0. The van der Waals surface area contributed by atoms with Crippen molar-refractivity contribution in [3.05, 3.63) is 106 Å². The van der Waals surface area contributed by atoms with Crippen LogP contribution < -0.4 is 0 Å². The van der Waals surface area contributed by atoms with Crippen LogP contribution in [0.2, 0.25) is 0 Å². The maximum absolute atomic E-state index is 14.2. The molecule has 1 aliphatic carbocycles. The maximum Gasteiger partial charge on any atom is 0.123 e. The highest BCUT2D eigenvalue weighted by Gasteiger charge is 2.41. The number of halogens is 2. The second-order valence-electron chi connectivity index (χ2n) is 10.7. The molecule has 3 aromatic carbocycles. The lowest BCUT2D eigenvalue weighted by Crippen LogP contribution is -2.48. The Kier molecular flexibility index (Phi) is 7.08. The largest absolute Gasteiger partial charge is 0.388 e. The SMILES string of the molecule is OC(CCN1CCN(C[C@@H]2C[C@@H]3c4ccccc4Cc4ccc(F)cc4C3O2)CC1)c1ccc(F)cc1. The Balaban J connectivity index is 1.06. The molecule has 0 bridgehead atoms. The minimum Gasteiger partial charge on any atom is -0.388 e. The summed E-state index contributed by atoms with van der Waals surface area (Å²) in [6, 6.07) is 19.9. The number of hydrogen-bond donors (Lipinski definition) is 1. The zero-order valence-corrected chi connectivity index (χ0v) is 21.0. The predicted octanol–water partition coefficient (Wildman–Crippen LogP) is 5.22. The van der Waals surface area contributed by atoms with Crippen LogP contribution in [0.1, 0.15) is 58.8 Å². The van der Waals surface area contributed by atoms with E-state index in [1.165, 1.54) is 28.8 Å². The first-order valence-electron chi connectivity index (χ1n) is 13.4. The molecular weight excluding hydrogens is 470 g/mol. The highest BCUT2D eigenvalue weighted by Crippen LogP contribution is 2.49. The summed E-state index contributed by atoms with van der Waals surface area (Å²) in [7, 11) is 0. The Labute approximate surface area is 217 Å². The summed E-state index contributed by atoms with van der Waals surface area (Å²) in [6.07, 6.45) is 1.84. The quantitative estimate of drug-likeness (QED) is 0.499. The van der Waals surface area contributed by atoms with Crippen molar-refractivity contribution in [2.45, 2.75) is 43.5 Å². The van der Waals surface area contributed by atoms with Crippen molar-refractivity contribution in [1.82, 2.24) is 9.80 Å². The number of nitrogens with zero attached hydrogens (tertiary/aromatic N) is 2. The summed E-state index contributed by atoms with van der Waals surface area (Å²) in [5.74, 6) is -0.233. The summed E-state index contributed by atoms with van der Waals surface area (Å²) in [6.45, 7) is 5.52. The minimum atomic E-state index is -0.575. The number of aliphatic hydroxyl groups is 1. The van der Waals surface area contributed by atoms with Crippen molar-refractivity contribution in [1.29, 1.82) is 0 Å². The molecule has 3 aromatic rings. The van der Waals surface area contributed by atoms with Crippen LogP contribution in [0, 0.1) is 11.6 Å². The zero-order valence-electron chi connectivity index (χ0n) is 21.0. The lowest BCUT2D eigenvalue weighted by molar-refractivity contribution is 0.00793. The van der Waals surface area contributed by atoms with Crippen molar-refractivity contribution in [3.63, 3.8) is 0 Å². The molecule has 4 nitrogen and oxygen atoms in total. The number of benzene rings is 3. The van der Waals surface area contributed by atoms with E-state index in [9.17, 15) is 13.9 Å². The molecule has 2 aliphatic heterocycles. The molecule has 2 heterocycles. The van der Waals surface area contributed by atoms with Crippen molar-refractivity contribution in [3.8, 4) is 0 Å². The third-order valence-electron chi connectivity index (χ3n) is 8.37. The van der Waals surface area contributed by atoms with E-state index < -0.39 is 6.10 Å². The summed E-state index contributed by atoms with van der Waals surface area (Å²) >= 11 is 0. The Morgan fingerprint density at radius 1 is 0.838 bits per heavy atom. The molecule has 0 radical (unpaired) electrons. The van der Waals surface area contributed by atoms with Gasteiger partial charge in [-0.15, -0.1) is 0 Å². The second kappa shape index (κ2) is 10.6. The van der Waals surface area contributed by atoms with E-state index in [-0.39, 0.29) is 29.8 Å². The number of ether oxygens (including phenoxy) is 1. The molecule has 3 aliphatic rings. The minimum absolute atomic E-state index is 0.103. The average Bonchev–Trinajstić information content (AvgIpc) is 3.28. The molecule has 2 fully saturated rings. The normalized spacial score (nSPS) is 24.7. The third kappa shape index (κ3) is 5.34. The maximum atomic E-state index is 14.2. The van der Waals surface area contributed by atoms with Gasteiger partial charge in [-0.25, -0.2) is 8.78 Å². The van der Waals surface area contributed by atoms with E-state index in [0.717, 1.165) is 63.2 Å². The Morgan fingerprint density at radius 2 is 1.54 bits per heavy atom. The van der Waals surface area contributed by atoms with E-state index in [2.05, 4.69) is 34.1 Å². The van der Waals surface area contributed by atoms with Gasteiger partial charge in [-0.1, -0.05) is 42.5 Å². The van der Waals surface area contributed by atoms with Crippen molar-refractivity contribution < 1.29 is 18.6 Å². The van der Waals surface area contributed by atoms with Gasteiger partial charge in [-0.3, -0.25) is 4.90 Å². The van der Waals surface area contributed by atoms with Gasteiger partial charge in [-0.2, -0.15) is 0 Å². The van der Waals surface area contributed by atoms with Crippen LogP contribution in [-0.2, 0) is 11.2 Å². The molecule has 6 rings (SSSR count). The first kappa shape index (κ1) is 24.7. The zero-order chi connectivity index (χ0) is 25.4. The molecule has 0 aromatic heterocycles. The molecule has 2 unspecified atom stereocenters. The van der Waals surface area contributed by atoms with Gasteiger partial charge < -0.3 is 14.7 Å². The topological polar surface area (TPSA) is 35.9 Å². The summed E-state index contributed by atoms with van der Waals surface area (Å²) in [5.41, 5.74) is 5.60. The number of aliphatic hydroxyl groups excluding tert-OH is 1. The Morgan fingerprint density at radius 3 is 2.35 bits per heavy atom. The van der Waals surface area contributed by atoms with Crippen molar-refractivity contribution in [2.75, 3.05) is 39.3 Å². The highest BCUT2D eigenvalue weighted by molar-refractivity contribution is 5.45. The van der Waals surface area contributed by atoms with Crippen LogP contribution in [0.15, 0.2) is 66.7 Å². The lowest BCUT2D eigenvalue weighted by Gasteiger charge is -2.36. The average molecular weight is 505 g/mol. The summed E-state index contributed by atoms with van der Waals surface area (Å²) < 4.78 is 34.1. The number of hydrogen-bond acceptors (Lipinski definition) is 4. The van der Waals surface area contributed by atoms with E-state index in [0.29, 0.717) is 6.42 Å². The van der Waals surface area contributed by atoms with Gasteiger partial charge >= 0.3 is 0 Å². The summed E-state index contributed by atoms with van der Waals surface area (Å²) in [5, 5.41) is 10.5. The Bertz CT molecular complexity index is 1230. The number of fused-ring (bicyclic) bond motifs is 5. The lowest BCUT2D eigenvalue weighted by atomic mass is 9.87. The molecule has 4 atom stereocenters. The van der Waals surface area contributed by atoms with Gasteiger partial charge in [0.2, 0.25) is 0 Å². The van der Waals surface area contributed by atoms with Crippen LogP contribution in [0.25, 0.3) is 0 Å². The van der Waals surface area contributed by atoms with Gasteiger partial charge in [0.1, 0.15) is 11.6 Å². The van der Waals surface area contributed by atoms with Gasteiger partial charge in [-0.05, 0) is 71.3 Å². The molecule has 0 spiro atoms. The van der Waals surface area contributed by atoms with Crippen LogP contribution in [0.4, 0.5) is 8.78 Å². The number of rotatable bonds is 6. The van der Waals surface area contributed by atoms with Gasteiger partial charge in [0.15, 0.2) is 0 Å². The van der Waals surface area contributed by atoms with Crippen LogP contribution in [0.5, 0.6) is 0 Å². The fourth-order valence-electron chi connectivity index (χ4n) is 6.36. The molecule has 0 saturated carbocycles. The fraction of sp³-hybridized carbons (Fsp3) is 0.419. The molecule has 37 heavy (non-hydrogen) atoms.